The van der Waals surface area contributed by atoms with Crippen molar-refractivity contribution in [2.24, 2.45) is 0 Å². The molecule has 4 nitrogen and oxygen atoms in total. The van der Waals surface area contributed by atoms with Crippen molar-refractivity contribution >= 4 is 11.0 Å². The highest BCUT2D eigenvalue weighted by atomic mass is 19.4. The normalized spacial score (nSPS) is 12.9. The Morgan fingerprint density at radius 1 is 0.789 bits per heavy atom. The standard InChI is InChI=1S/C30H33F4N3O/c1-6-7-8-15-28(2,3)21-16-23(29(4,5)19-9-12-22(31)13-10-19)27(38)26(18-21)37-35-24-14-11-20(30(32,33)34)17-25(24)36-37/h9-14,16-18,38H,6-8,15H2,1-5H3. The molecule has 0 aliphatic heterocycles. The van der Waals surface area contributed by atoms with E-state index in [1.165, 1.54) is 23.0 Å². The van der Waals surface area contributed by atoms with Crippen LogP contribution in [0.5, 0.6) is 5.75 Å². The highest BCUT2D eigenvalue weighted by Gasteiger charge is 2.33. The summed E-state index contributed by atoms with van der Waals surface area (Å²) in [4.78, 5) is 1.20. The number of hydrogen-bond donors (Lipinski definition) is 1. The van der Waals surface area contributed by atoms with Gasteiger partial charge in [0.25, 0.3) is 0 Å². The van der Waals surface area contributed by atoms with E-state index in [0.29, 0.717) is 5.56 Å². The Labute approximate surface area is 220 Å². The molecule has 0 aliphatic rings. The van der Waals surface area contributed by atoms with E-state index in [9.17, 15) is 22.7 Å². The number of unbranched alkanes of at least 4 members (excludes halogenated alkanes) is 2. The topological polar surface area (TPSA) is 50.9 Å². The predicted molar refractivity (Wildman–Crippen MR) is 141 cm³/mol. The molecule has 0 unspecified atom stereocenters. The summed E-state index contributed by atoms with van der Waals surface area (Å²) < 4.78 is 53.5. The number of phenolic OH excluding ortho intramolecular Hbond substituents is 1. The first kappa shape index (κ1) is 27.6. The summed E-state index contributed by atoms with van der Waals surface area (Å²) in [6, 6.07) is 13.1. The second-order valence-electron chi connectivity index (χ2n) is 11.1. The predicted octanol–water partition coefficient (Wildman–Crippen LogP) is 8.47. The average molecular weight is 528 g/mol. The fourth-order valence-electron chi connectivity index (χ4n) is 4.82. The van der Waals surface area contributed by atoms with Gasteiger partial charge in [0.1, 0.15) is 28.3 Å². The van der Waals surface area contributed by atoms with Gasteiger partial charge in [-0.2, -0.15) is 13.2 Å². The molecule has 0 radical (unpaired) electrons. The number of aromatic hydroxyl groups is 1. The third-order valence-electron chi connectivity index (χ3n) is 7.44. The lowest BCUT2D eigenvalue weighted by atomic mass is 9.73. The number of aromatic nitrogens is 3. The zero-order valence-corrected chi connectivity index (χ0v) is 22.3. The van der Waals surface area contributed by atoms with Gasteiger partial charge in [-0.3, -0.25) is 0 Å². The van der Waals surface area contributed by atoms with Crippen LogP contribution in [0.25, 0.3) is 16.7 Å². The Bertz CT molecular complexity index is 1440. The molecule has 0 aliphatic carbocycles. The molecule has 0 bridgehead atoms. The van der Waals surface area contributed by atoms with E-state index in [1.54, 1.807) is 12.1 Å². The van der Waals surface area contributed by atoms with Crippen molar-refractivity contribution in [3.05, 3.63) is 82.7 Å². The van der Waals surface area contributed by atoms with Gasteiger partial charge in [-0.15, -0.1) is 15.0 Å². The first-order valence-electron chi connectivity index (χ1n) is 12.8. The summed E-state index contributed by atoms with van der Waals surface area (Å²) in [5.74, 6) is -0.435. The van der Waals surface area contributed by atoms with Crippen LogP contribution in [-0.4, -0.2) is 20.1 Å². The summed E-state index contributed by atoms with van der Waals surface area (Å²) in [5.41, 5.74) is 1.18. The van der Waals surface area contributed by atoms with Crippen molar-refractivity contribution in [3.8, 4) is 11.4 Å². The first-order chi connectivity index (χ1) is 17.7. The van der Waals surface area contributed by atoms with Crippen LogP contribution >= 0.6 is 0 Å². The molecule has 202 valence electrons. The van der Waals surface area contributed by atoms with Gasteiger partial charge < -0.3 is 5.11 Å². The highest BCUT2D eigenvalue weighted by molar-refractivity contribution is 5.75. The molecule has 1 aromatic heterocycles. The van der Waals surface area contributed by atoms with Gasteiger partial charge in [0.05, 0.1) is 5.56 Å². The molecule has 3 aromatic carbocycles. The second kappa shape index (κ2) is 10.0. The van der Waals surface area contributed by atoms with Crippen molar-refractivity contribution in [1.29, 1.82) is 0 Å². The molecule has 8 heteroatoms. The van der Waals surface area contributed by atoms with Crippen LogP contribution < -0.4 is 0 Å². The average Bonchev–Trinajstić information content (AvgIpc) is 3.27. The van der Waals surface area contributed by atoms with Crippen LogP contribution in [0.4, 0.5) is 17.6 Å². The lowest BCUT2D eigenvalue weighted by Crippen LogP contribution is -2.23. The quantitative estimate of drug-likeness (QED) is 0.185. The van der Waals surface area contributed by atoms with Crippen LogP contribution in [0.1, 0.15) is 82.6 Å². The monoisotopic (exact) mass is 527 g/mol. The molecule has 1 N–H and O–H groups in total. The molecule has 0 saturated carbocycles. The molecule has 1 heterocycles. The third kappa shape index (κ3) is 5.40. The Morgan fingerprint density at radius 3 is 2.05 bits per heavy atom. The molecule has 4 rings (SSSR count). The number of rotatable bonds is 8. The summed E-state index contributed by atoms with van der Waals surface area (Å²) in [6.45, 7) is 10.3. The number of phenols is 1. The van der Waals surface area contributed by atoms with Gasteiger partial charge in [-0.05, 0) is 59.4 Å². The molecular weight excluding hydrogens is 494 g/mol. The minimum Gasteiger partial charge on any atom is -0.505 e. The van der Waals surface area contributed by atoms with Crippen molar-refractivity contribution in [3.63, 3.8) is 0 Å². The number of alkyl halides is 3. The summed E-state index contributed by atoms with van der Waals surface area (Å²) in [6.07, 6.45) is -0.389. The zero-order chi connectivity index (χ0) is 27.9. The van der Waals surface area contributed by atoms with Crippen LogP contribution in [0.3, 0.4) is 0 Å². The Morgan fingerprint density at radius 2 is 1.42 bits per heavy atom. The fraction of sp³-hybridized carbons (Fsp3) is 0.400. The summed E-state index contributed by atoms with van der Waals surface area (Å²) in [7, 11) is 0. The molecule has 0 saturated heterocycles. The molecule has 38 heavy (non-hydrogen) atoms. The maximum Gasteiger partial charge on any atom is 0.416 e. The first-order valence-corrected chi connectivity index (χ1v) is 12.8. The van der Waals surface area contributed by atoms with Crippen molar-refractivity contribution in [2.75, 3.05) is 0 Å². The van der Waals surface area contributed by atoms with Crippen LogP contribution in [-0.2, 0) is 17.0 Å². The molecular formula is C30H33F4N3O. The van der Waals surface area contributed by atoms with Gasteiger partial charge >= 0.3 is 6.18 Å². The van der Waals surface area contributed by atoms with E-state index in [4.69, 9.17) is 0 Å². The van der Waals surface area contributed by atoms with Crippen LogP contribution in [0, 0.1) is 5.82 Å². The maximum absolute atomic E-state index is 13.7. The molecule has 0 spiro atoms. The van der Waals surface area contributed by atoms with Crippen molar-refractivity contribution < 1.29 is 22.7 Å². The largest absolute Gasteiger partial charge is 0.505 e. The fourth-order valence-corrected chi connectivity index (χ4v) is 4.82. The van der Waals surface area contributed by atoms with Crippen molar-refractivity contribution in [1.82, 2.24) is 15.0 Å². The Balaban J connectivity index is 1.91. The Hall–Kier alpha value is -3.42. The van der Waals surface area contributed by atoms with E-state index in [1.807, 2.05) is 26.0 Å². The minimum absolute atomic E-state index is 0.0752. The van der Waals surface area contributed by atoms with E-state index in [0.717, 1.165) is 48.9 Å². The molecule has 0 amide bonds. The molecule has 0 fully saturated rings. The molecule has 4 aromatic rings. The van der Waals surface area contributed by atoms with Gasteiger partial charge in [0.15, 0.2) is 0 Å². The van der Waals surface area contributed by atoms with Gasteiger partial charge in [-0.25, -0.2) is 4.39 Å². The third-order valence-corrected chi connectivity index (χ3v) is 7.44. The van der Waals surface area contributed by atoms with Gasteiger partial charge in [-0.1, -0.05) is 72.1 Å². The lowest BCUT2D eigenvalue weighted by molar-refractivity contribution is -0.137. The Kier molecular flexibility index (Phi) is 7.30. The van der Waals surface area contributed by atoms with E-state index < -0.39 is 17.2 Å². The molecule has 0 atom stereocenters. The number of fused-ring (bicyclic) bond motifs is 1. The van der Waals surface area contributed by atoms with Crippen LogP contribution in [0.15, 0.2) is 54.6 Å². The number of hydrogen-bond acceptors (Lipinski definition) is 3. The smallest absolute Gasteiger partial charge is 0.416 e. The maximum atomic E-state index is 13.7. The van der Waals surface area contributed by atoms with E-state index >= 15 is 0 Å². The SMILES string of the molecule is CCCCCC(C)(C)c1cc(-n2nc3ccc(C(F)(F)F)cc3n2)c(O)c(C(C)(C)c2ccc(F)cc2)c1. The highest BCUT2D eigenvalue weighted by Crippen LogP contribution is 2.43. The number of benzene rings is 3. The van der Waals surface area contributed by atoms with Crippen LogP contribution in [0.2, 0.25) is 0 Å². The summed E-state index contributed by atoms with van der Waals surface area (Å²) >= 11 is 0. The second-order valence-corrected chi connectivity index (χ2v) is 11.1. The number of nitrogens with zero attached hydrogens (tertiary/aromatic N) is 3. The lowest BCUT2D eigenvalue weighted by Gasteiger charge is -2.32. The van der Waals surface area contributed by atoms with Gasteiger partial charge in [0, 0.05) is 11.0 Å². The summed E-state index contributed by atoms with van der Waals surface area (Å²) in [5, 5.41) is 20.3. The zero-order valence-electron chi connectivity index (χ0n) is 22.3. The van der Waals surface area contributed by atoms with E-state index in [2.05, 4.69) is 31.0 Å². The number of halogens is 4. The minimum atomic E-state index is -4.51. The van der Waals surface area contributed by atoms with Crippen molar-refractivity contribution in [2.45, 2.75) is 77.3 Å². The van der Waals surface area contributed by atoms with Gasteiger partial charge in [0.2, 0.25) is 0 Å². The van der Waals surface area contributed by atoms with E-state index in [-0.39, 0.29) is 33.7 Å².